The number of hydrogen-bond acceptors (Lipinski definition) is 5. The number of aromatic carboxylic acids is 1. The van der Waals surface area contributed by atoms with Crippen LogP contribution in [-0.4, -0.2) is 37.0 Å². The molecule has 0 atom stereocenters. The fraction of sp³-hybridized carbons (Fsp3) is 0.250. The van der Waals surface area contributed by atoms with Gasteiger partial charge >= 0.3 is 5.97 Å². The first-order chi connectivity index (χ1) is 13.6. The maximum absolute atomic E-state index is 12.3. The second-order valence-corrected chi connectivity index (χ2v) is 6.80. The summed E-state index contributed by atoms with van der Waals surface area (Å²) < 4.78 is 1.57. The lowest BCUT2D eigenvalue weighted by Crippen LogP contribution is -2.20. The van der Waals surface area contributed by atoms with Gasteiger partial charge < -0.3 is 10.4 Å². The molecule has 1 amide bonds. The third-order valence-electron chi connectivity index (χ3n) is 4.87. The van der Waals surface area contributed by atoms with Crippen molar-refractivity contribution in [1.82, 2.24) is 20.0 Å². The Hall–Kier alpha value is -3.55. The number of carbonyl (C=O) groups excluding carboxylic acids is 1. The highest BCUT2D eigenvalue weighted by molar-refractivity contribution is 5.93. The predicted molar refractivity (Wildman–Crippen MR) is 102 cm³/mol. The molecule has 0 bridgehead atoms. The number of nitrogens with zero attached hydrogens (tertiary/aromatic N) is 4. The summed E-state index contributed by atoms with van der Waals surface area (Å²) in [6.07, 6.45) is 7.21. The second kappa shape index (κ2) is 7.59. The first-order valence-electron chi connectivity index (χ1n) is 9.13. The zero-order valence-electron chi connectivity index (χ0n) is 15.1. The minimum absolute atomic E-state index is 0.0589. The summed E-state index contributed by atoms with van der Waals surface area (Å²) in [5.41, 5.74) is 2.46. The lowest BCUT2D eigenvalue weighted by molar-refractivity contribution is -0.119. The predicted octanol–water partition coefficient (Wildman–Crippen LogP) is 3.16. The summed E-state index contributed by atoms with van der Waals surface area (Å²) in [7, 11) is 0. The molecule has 1 aliphatic rings. The molecular weight excluding hydrogens is 358 g/mol. The smallest absolute Gasteiger partial charge is 0.335 e. The molecule has 1 aromatic carbocycles. The fourth-order valence-corrected chi connectivity index (χ4v) is 3.37. The third kappa shape index (κ3) is 3.75. The average molecular weight is 377 g/mol. The van der Waals surface area contributed by atoms with E-state index in [0.717, 1.165) is 31.4 Å². The van der Waals surface area contributed by atoms with Crippen LogP contribution in [0.1, 0.15) is 36.0 Å². The van der Waals surface area contributed by atoms with Gasteiger partial charge in [0, 0.05) is 17.8 Å². The molecule has 4 rings (SSSR count). The standard InChI is InChI=1S/C20H19N5O3/c26-19(13-4-1-2-5-13)22-15-6-3-7-16(11-15)25-12-18(23-24-25)17-10-14(20(27)28)8-9-21-17/h3,6-13H,1-2,4-5H2,(H,22,26)(H,27,28). The van der Waals surface area contributed by atoms with Crippen LogP contribution in [-0.2, 0) is 4.79 Å². The zero-order chi connectivity index (χ0) is 19.5. The number of pyridine rings is 1. The molecule has 3 aromatic rings. The van der Waals surface area contributed by atoms with Crippen molar-refractivity contribution in [3.63, 3.8) is 0 Å². The molecule has 2 aromatic heterocycles. The molecule has 2 N–H and O–H groups in total. The summed E-state index contributed by atoms with van der Waals surface area (Å²) >= 11 is 0. The topological polar surface area (TPSA) is 110 Å². The summed E-state index contributed by atoms with van der Waals surface area (Å²) in [5, 5.41) is 20.3. The van der Waals surface area contributed by atoms with Gasteiger partial charge in [-0.3, -0.25) is 9.78 Å². The second-order valence-electron chi connectivity index (χ2n) is 6.80. The lowest BCUT2D eigenvalue weighted by atomic mass is 10.1. The molecular formula is C20H19N5O3. The maximum atomic E-state index is 12.3. The number of benzene rings is 1. The lowest BCUT2D eigenvalue weighted by Gasteiger charge is -2.11. The molecule has 0 aliphatic heterocycles. The van der Waals surface area contributed by atoms with Gasteiger partial charge in [-0.05, 0) is 43.2 Å². The van der Waals surface area contributed by atoms with Gasteiger partial charge in [-0.15, -0.1) is 5.10 Å². The Morgan fingerprint density at radius 1 is 1.11 bits per heavy atom. The van der Waals surface area contributed by atoms with Crippen LogP contribution in [0.25, 0.3) is 17.1 Å². The minimum Gasteiger partial charge on any atom is -0.478 e. The number of aromatic nitrogens is 4. The van der Waals surface area contributed by atoms with Crippen LogP contribution in [0.2, 0.25) is 0 Å². The van der Waals surface area contributed by atoms with Crippen LogP contribution < -0.4 is 5.32 Å². The van der Waals surface area contributed by atoms with Crippen molar-refractivity contribution >= 4 is 17.6 Å². The van der Waals surface area contributed by atoms with Crippen molar-refractivity contribution in [2.75, 3.05) is 5.32 Å². The molecule has 2 heterocycles. The van der Waals surface area contributed by atoms with E-state index in [1.54, 1.807) is 10.9 Å². The summed E-state index contributed by atoms with van der Waals surface area (Å²) in [4.78, 5) is 27.6. The highest BCUT2D eigenvalue weighted by atomic mass is 16.4. The number of carboxylic acid groups (broad SMARTS) is 1. The number of nitrogens with one attached hydrogen (secondary N) is 1. The van der Waals surface area contributed by atoms with E-state index in [1.807, 2.05) is 24.3 Å². The molecule has 28 heavy (non-hydrogen) atoms. The molecule has 0 unspecified atom stereocenters. The van der Waals surface area contributed by atoms with Gasteiger partial charge in [-0.2, -0.15) is 0 Å². The van der Waals surface area contributed by atoms with Crippen LogP contribution in [0.15, 0.2) is 48.8 Å². The summed E-state index contributed by atoms with van der Waals surface area (Å²) in [6, 6.07) is 10.2. The van der Waals surface area contributed by atoms with Crippen LogP contribution in [0.3, 0.4) is 0 Å². The van der Waals surface area contributed by atoms with Gasteiger partial charge in [0.25, 0.3) is 0 Å². The molecule has 0 spiro atoms. The van der Waals surface area contributed by atoms with E-state index < -0.39 is 5.97 Å². The van der Waals surface area contributed by atoms with Crippen molar-refractivity contribution < 1.29 is 14.7 Å². The number of anilines is 1. The third-order valence-corrected chi connectivity index (χ3v) is 4.87. The van der Waals surface area contributed by atoms with E-state index in [2.05, 4.69) is 20.6 Å². The van der Waals surface area contributed by atoms with E-state index in [-0.39, 0.29) is 17.4 Å². The molecule has 8 heteroatoms. The zero-order valence-corrected chi connectivity index (χ0v) is 15.1. The van der Waals surface area contributed by atoms with Gasteiger partial charge in [0.1, 0.15) is 5.69 Å². The van der Waals surface area contributed by atoms with E-state index in [9.17, 15) is 9.59 Å². The van der Waals surface area contributed by atoms with Crippen molar-refractivity contribution in [1.29, 1.82) is 0 Å². The van der Waals surface area contributed by atoms with E-state index in [0.29, 0.717) is 17.1 Å². The highest BCUT2D eigenvalue weighted by Gasteiger charge is 2.22. The SMILES string of the molecule is O=C(O)c1ccnc(-c2cn(-c3cccc(NC(=O)C4CCCC4)c3)nn2)c1. The Kier molecular flexibility index (Phi) is 4.84. The number of hydrogen-bond donors (Lipinski definition) is 2. The molecule has 8 nitrogen and oxygen atoms in total. The number of carbonyl (C=O) groups is 2. The van der Waals surface area contributed by atoms with Crippen LogP contribution in [0, 0.1) is 5.92 Å². The Balaban J connectivity index is 1.54. The Morgan fingerprint density at radius 3 is 2.71 bits per heavy atom. The van der Waals surface area contributed by atoms with Gasteiger partial charge in [-0.1, -0.05) is 24.1 Å². The average Bonchev–Trinajstić information content (AvgIpc) is 3.40. The van der Waals surface area contributed by atoms with E-state index in [4.69, 9.17) is 5.11 Å². The molecule has 1 aliphatic carbocycles. The molecule has 0 radical (unpaired) electrons. The first kappa shape index (κ1) is 17.8. The van der Waals surface area contributed by atoms with Crippen molar-refractivity contribution in [2.45, 2.75) is 25.7 Å². The van der Waals surface area contributed by atoms with Crippen molar-refractivity contribution in [3.05, 3.63) is 54.4 Å². The fourth-order valence-electron chi connectivity index (χ4n) is 3.37. The monoisotopic (exact) mass is 377 g/mol. The minimum atomic E-state index is -1.03. The molecule has 1 saturated carbocycles. The summed E-state index contributed by atoms with van der Waals surface area (Å²) in [5.74, 6) is -0.875. The largest absolute Gasteiger partial charge is 0.478 e. The molecule has 0 saturated heterocycles. The van der Waals surface area contributed by atoms with Crippen molar-refractivity contribution in [2.24, 2.45) is 5.92 Å². The number of amides is 1. The summed E-state index contributed by atoms with van der Waals surface area (Å²) in [6.45, 7) is 0. The normalized spacial score (nSPS) is 14.1. The van der Waals surface area contributed by atoms with Gasteiger partial charge in [-0.25, -0.2) is 9.48 Å². The number of carboxylic acids is 1. The quantitative estimate of drug-likeness (QED) is 0.707. The number of rotatable bonds is 5. The Morgan fingerprint density at radius 2 is 1.93 bits per heavy atom. The molecule has 1 fully saturated rings. The van der Waals surface area contributed by atoms with E-state index in [1.165, 1.54) is 18.3 Å². The maximum Gasteiger partial charge on any atom is 0.335 e. The Bertz CT molecular complexity index is 1020. The van der Waals surface area contributed by atoms with Gasteiger partial charge in [0.05, 0.1) is 23.1 Å². The van der Waals surface area contributed by atoms with Gasteiger partial charge in [0.15, 0.2) is 0 Å². The van der Waals surface area contributed by atoms with Gasteiger partial charge in [0.2, 0.25) is 5.91 Å². The van der Waals surface area contributed by atoms with Crippen LogP contribution in [0.5, 0.6) is 0 Å². The van der Waals surface area contributed by atoms with Crippen LogP contribution >= 0.6 is 0 Å². The highest BCUT2D eigenvalue weighted by Crippen LogP contribution is 2.26. The first-order valence-corrected chi connectivity index (χ1v) is 9.13. The van der Waals surface area contributed by atoms with Crippen LogP contribution in [0.4, 0.5) is 5.69 Å². The molecule has 142 valence electrons. The van der Waals surface area contributed by atoms with E-state index >= 15 is 0 Å². The van der Waals surface area contributed by atoms with Crippen molar-refractivity contribution in [3.8, 4) is 17.1 Å². The Labute approximate surface area is 161 Å².